The largest absolute Gasteiger partial charge is 0.382 e. The summed E-state index contributed by atoms with van der Waals surface area (Å²) in [7, 11) is 1.88. The fourth-order valence-electron chi connectivity index (χ4n) is 2.67. The van der Waals surface area contributed by atoms with Crippen LogP contribution in [-0.2, 0) is 0 Å². The van der Waals surface area contributed by atoms with Gasteiger partial charge < -0.3 is 15.5 Å². The Bertz CT molecular complexity index is 493. The van der Waals surface area contributed by atoms with Gasteiger partial charge >= 0.3 is 0 Å². The van der Waals surface area contributed by atoms with Crippen molar-refractivity contribution in [3.63, 3.8) is 0 Å². The van der Waals surface area contributed by atoms with Crippen LogP contribution in [0.4, 0.5) is 10.9 Å². The highest BCUT2D eigenvalue weighted by atomic mass is 32.2. The van der Waals surface area contributed by atoms with Crippen molar-refractivity contribution >= 4 is 40.0 Å². The number of carbonyl (C=O) groups is 1. The minimum atomic E-state index is 0.0259. The third-order valence-electron chi connectivity index (χ3n) is 3.99. The molecule has 1 atom stereocenters. The van der Waals surface area contributed by atoms with Gasteiger partial charge in [0.2, 0.25) is 0 Å². The number of nitrogens with two attached hydrogens (primary N) is 1. The smallest absolute Gasteiger partial charge is 0.267 e. The van der Waals surface area contributed by atoms with Gasteiger partial charge in [0.05, 0.1) is 0 Å². The van der Waals surface area contributed by atoms with E-state index in [9.17, 15) is 4.79 Å². The van der Waals surface area contributed by atoms with Crippen LogP contribution >= 0.6 is 23.1 Å². The first kappa shape index (κ1) is 14.0. The number of rotatable bonds is 3. The minimum Gasteiger partial charge on any atom is -0.382 e. The Hall–Kier alpha value is -0.950. The highest BCUT2D eigenvalue weighted by Crippen LogP contribution is 2.32. The number of hydrogen-bond acceptors (Lipinski definition) is 6. The van der Waals surface area contributed by atoms with Gasteiger partial charge in [-0.05, 0) is 25.0 Å². The Morgan fingerprint density at radius 2 is 2.20 bits per heavy atom. The van der Waals surface area contributed by atoms with E-state index in [-0.39, 0.29) is 5.91 Å². The number of amides is 1. The standard InChI is InChI=1S/C13H20N4OS2/c1-16(9-4-7-19-8-9)12(18)10-11(14)15-13(20-10)17-5-2-3-6-17/h9H,2-8,14H2,1H3. The van der Waals surface area contributed by atoms with Crippen LogP contribution in [0.3, 0.4) is 0 Å². The van der Waals surface area contributed by atoms with Crippen molar-refractivity contribution in [1.82, 2.24) is 9.88 Å². The quantitative estimate of drug-likeness (QED) is 0.923. The Labute approximate surface area is 127 Å². The summed E-state index contributed by atoms with van der Waals surface area (Å²) >= 11 is 3.35. The second-order valence-electron chi connectivity index (χ2n) is 5.34. The van der Waals surface area contributed by atoms with Gasteiger partial charge in [0.25, 0.3) is 5.91 Å². The summed E-state index contributed by atoms with van der Waals surface area (Å²) in [6.45, 7) is 2.05. The molecule has 3 heterocycles. The van der Waals surface area contributed by atoms with Crippen LogP contribution in [-0.4, -0.2) is 53.5 Å². The maximum absolute atomic E-state index is 12.6. The highest BCUT2D eigenvalue weighted by molar-refractivity contribution is 7.99. The average Bonchev–Trinajstić information content (AvgIpc) is 3.17. The van der Waals surface area contributed by atoms with Gasteiger partial charge in [0.15, 0.2) is 5.13 Å². The van der Waals surface area contributed by atoms with Crippen molar-refractivity contribution in [3.05, 3.63) is 4.88 Å². The zero-order valence-corrected chi connectivity index (χ0v) is 13.3. The molecule has 1 unspecified atom stereocenters. The molecule has 20 heavy (non-hydrogen) atoms. The normalized spacial score (nSPS) is 22.4. The van der Waals surface area contributed by atoms with Gasteiger partial charge in [-0.15, -0.1) is 0 Å². The molecular formula is C13H20N4OS2. The van der Waals surface area contributed by atoms with Gasteiger partial charge in [0, 0.05) is 31.9 Å². The van der Waals surface area contributed by atoms with Crippen molar-refractivity contribution in [1.29, 1.82) is 0 Å². The molecule has 0 spiro atoms. The number of hydrogen-bond donors (Lipinski definition) is 1. The lowest BCUT2D eigenvalue weighted by molar-refractivity contribution is 0.0753. The van der Waals surface area contributed by atoms with Crippen LogP contribution in [0.5, 0.6) is 0 Å². The maximum Gasteiger partial charge on any atom is 0.267 e. The van der Waals surface area contributed by atoms with E-state index in [4.69, 9.17) is 5.73 Å². The van der Waals surface area contributed by atoms with Gasteiger partial charge in [-0.25, -0.2) is 4.98 Å². The molecule has 5 nitrogen and oxygen atoms in total. The Morgan fingerprint density at radius 3 is 2.85 bits per heavy atom. The summed E-state index contributed by atoms with van der Waals surface area (Å²) in [4.78, 5) is 21.6. The lowest BCUT2D eigenvalue weighted by atomic mass is 10.2. The summed E-state index contributed by atoms with van der Waals surface area (Å²) in [6, 6.07) is 0.337. The van der Waals surface area contributed by atoms with Crippen LogP contribution in [0.25, 0.3) is 0 Å². The fraction of sp³-hybridized carbons (Fsp3) is 0.692. The van der Waals surface area contributed by atoms with E-state index >= 15 is 0 Å². The lowest BCUT2D eigenvalue weighted by Crippen LogP contribution is -2.36. The molecule has 1 amide bonds. The third-order valence-corrected chi connectivity index (χ3v) is 6.25. The van der Waals surface area contributed by atoms with Crippen molar-refractivity contribution in [2.24, 2.45) is 0 Å². The molecule has 1 aromatic heterocycles. The zero-order chi connectivity index (χ0) is 14.1. The summed E-state index contributed by atoms with van der Waals surface area (Å²) in [6.07, 6.45) is 3.47. The molecular weight excluding hydrogens is 292 g/mol. The number of thiazole rings is 1. The first-order valence-electron chi connectivity index (χ1n) is 7.03. The van der Waals surface area contributed by atoms with Crippen molar-refractivity contribution < 1.29 is 4.79 Å². The lowest BCUT2D eigenvalue weighted by Gasteiger charge is -2.23. The SMILES string of the molecule is CN(C(=O)c1sc(N2CCCC2)nc1N)C1CCSC1. The number of nitrogen functional groups attached to an aromatic ring is 1. The van der Waals surface area contributed by atoms with Crippen molar-refractivity contribution in [2.45, 2.75) is 25.3 Å². The topological polar surface area (TPSA) is 62.5 Å². The Morgan fingerprint density at radius 1 is 1.45 bits per heavy atom. The molecule has 2 saturated heterocycles. The molecule has 0 aliphatic carbocycles. The molecule has 1 aromatic rings. The summed E-state index contributed by atoms with van der Waals surface area (Å²) in [5.74, 6) is 2.58. The van der Waals surface area contributed by atoms with Crippen LogP contribution in [0.1, 0.15) is 28.9 Å². The van der Waals surface area contributed by atoms with E-state index in [1.165, 1.54) is 24.2 Å². The van der Waals surface area contributed by atoms with Crippen LogP contribution in [0.15, 0.2) is 0 Å². The molecule has 110 valence electrons. The average molecular weight is 312 g/mol. The van der Waals surface area contributed by atoms with E-state index in [1.807, 2.05) is 23.7 Å². The van der Waals surface area contributed by atoms with Gasteiger partial charge in [-0.1, -0.05) is 11.3 Å². The number of nitrogens with zero attached hydrogens (tertiary/aromatic N) is 3. The van der Waals surface area contributed by atoms with E-state index in [0.29, 0.717) is 16.7 Å². The number of aromatic nitrogens is 1. The Balaban J connectivity index is 1.76. The highest BCUT2D eigenvalue weighted by Gasteiger charge is 2.28. The molecule has 3 rings (SSSR count). The van der Waals surface area contributed by atoms with E-state index in [1.54, 1.807) is 0 Å². The van der Waals surface area contributed by atoms with Crippen LogP contribution < -0.4 is 10.6 Å². The van der Waals surface area contributed by atoms with Crippen LogP contribution in [0.2, 0.25) is 0 Å². The second kappa shape index (κ2) is 5.81. The van der Waals surface area contributed by atoms with Crippen LogP contribution in [0, 0.1) is 0 Å². The van der Waals surface area contributed by atoms with E-state index < -0.39 is 0 Å². The van der Waals surface area contributed by atoms with E-state index in [0.717, 1.165) is 36.1 Å². The van der Waals surface area contributed by atoms with Crippen molar-refractivity contribution in [3.8, 4) is 0 Å². The molecule has 2 aliphatic heterocycles. The molecule has 2 fully saturated rings. The zero-order valence-electron chi connectivity index (χ0n) is 11.7. The first-order chi connectivity index (χ1) is 9.66. The second-order valence-corrected chi connectivity index (χ2v) is 7.47. The first-order valence-corrected chi connectivity index (χ1v) is 9.00. The van der Waals surface area contributed by atoms with Crippen molar-refractivity contribution in [2.75, 3.05) is 42.3 Å². The maximum atomic E-state index is 12.6. The molecule has 0 bridgehead atoms. The predicted octanol–water partition coefficient (Wildman–Crippen LogP) is 1.90. The molecule has 2 N–H and O–H groups in total. The minimum absolute atomic E-state index is 0.0259. The number of thioether (sulfide) groups is 1. The number of anilines is 2. The number of carbonyl (C=O) groups excluding carboxylic acids is 1. The summed E-state index contributed by atoms with van der Waals surface area (Å²) in [5.41, 5.74) is 5.97. The molecule has 7 heteroatoms. The fourth-order valence-corrected chi connectivity index (χ4v) is 4.96. The molecule has 0 saturated carbocycles. The third kappa shape index (κ3) is 2.61. The van der Waals surface area contributed by atoms with Gasteiger partial charge in [0.1, 0.15) is 10.7 Å². The molecule has 0 aromatic carbocycles. The summed E-state index contributed by atoms with van der Waals surface area (Å²) < 4.78 is 0. The monoisotopic (exact) mass is 312 g/mol. The molecule has 0 radical (unpaired) electrons. The molecule has 2 aliphatic rings. The van der Waals surface area contributed by atoms with Gasteiger partial charge in [-0.2, -0.15) is 11.8 Å². The van der Waals surface area contributed by atoms with E-state index in [2.05, 4.69) is 9.88 Å². The van der Waals surface area contributed by atoms with Gasteiger partial charge in [-0.3, -0.25) is 4.79 Å². The Kier molecular flexibility index (Phi) is 4.07. The predicted molar refractivity (Wildman–Crippen MR) is 85.8 cm³/mol. The summed E-state index contributed by atoms with van der Waals surface area (Å²) in [5, 5.41) is 0.901.